The highest BCUT2D eigenvalue weighted by molar-refractivity contribution is 7.89. The number of sulfonamides is 1. The molecule has 0 bridgehead atoms. The van der Waals surface area contributed by atoms with Gasteiger partial charge in [-0.3, -0.25) is 4.79 Å². The molecule has 2 aliphatic heterocycles. The summed E-state index contributed by atoms with van der Waals surface area (Å²) in [5.41, 5.74) is 0.511. The van der Waals surface area contributed by atoms with E-state index in [1.807, 2.05) is 0 Å². The highest BCUT2D eigenvalue weighted by Gasteiger charge is 2.28. The second-order valence-corrected chi connectivity index (χ2v) is 8.21. The van der Waals surface area contributed by atoms with E-state index in [1.165, 1.54) is 16.4 Å². The largest absolute Gasteiger partial charge is 0.378 e. The van der Waals surface area contributed by atoms with Crippen LogP contribution in [0.25, 0.3) is 0 Å². The van der Waals surface area contributed by atoms with Crippen molar-refractivity contribution in [3.8, 4) is 0 Å². The average molecular weight is 367 g/mol. The Labute approximate surface area is 149 Å². The van der Waals surface area contributed by atoms with Crippen molar-refractivity contribution in [1.82, 2.24) is 14.1 Å². The van der Waals surface area contributed by atoms with Gasteiger partial charge in [-0.25, -0.2) is 8.42 Å². The third-order valence-electron chi connectivity index (χ3n) is 4.82. The first-order valence-electron chi connectivity index (χ1n) is 8.72. The number of piperazine rings is 1. The smallest absolute Gasteiger partial charge is 0.254 e. The molecule has 1 amide bonds. The summed E-state index contributed by atoms with van der Waals surface area (Å²) in [5, 5.41) is 0. The van der Waals surface area contributed by atoms with E-state index in [1.54, 1.807) is 17.0 Å². The van der Waals surface area contributed by atoms with Gasteiger partial charge in [0.2, 0.25) is 10.0 Å². The van der Waals surface area contributed by atoms with Crippen LogP contribution in [0.5, 0.6) is 0 Å². The normalized spacial score (nSPS) is 20.6. The SMILES string of the molecule is CCN1CCN(S(=O)(=O)c2ccc(C(=O)N3CCOCC3)cc2)CC1. The number of benzene rings is 1. The fourth-order valence-electron chi connectivity index (χ4n) is 3.15. The molecule has 7 nitrogen and oxygen atoms in total. The standard InChI is InChI=1S/C17H25N3O4S/c1-2-18-7-9-20(10-8-18)25(22,23)16-5-3-15(4-6-16)17(21)19-11-13-24-14-12-19/h3-6H,2,7-14H2,1H3. The quantitative estimate of drug-likeness (QED) is 0.774. The Morgan fingerprint density at radius 1 is 1.00 bits per heavy atom. The van der Waals surface area contributed by atoms with Gasteiger partial charge < -0.3 is 14.5 Å². The molecule has 8 heteroatoms. The molecular weight excluding hydrogens is 342 g/mol. The fraction of sp³-hybridized carbons (Fsp3) is 0.588. The molecule has 0 aromatic heterocycles. The molecule has 1 aromatic carbocycles. The molecule has 0 atom stereocenters. The van der Waals surface area contributed by atoms with E-state index in [0.717, 1.165) is 19.6 Å². The lowest BCUT2D eigenvalue weighted by atomic mass is 10.2. The second kappa shape index (κ2) is 7.82. The molecule has 25 heavy (non-hydrogen) atoms. The number of morpholine rings is 1. The number of ether oxygens (including phenoxy) is 1. The Kier molecular flexibility index (Phi) is 5.73. The lowest BCUT2D eigenvalue weighted by Gasteiger charge is -2.33. The number of amides is 1. The van der Waals surface area contributed by atoms with Crippen LogP contribution in [-0.2, 0) is 14.8 Å². The third-order valence-corrected chi connectivity index (χ3v) is 6.73. The van der Waals surface area contributed by atoms with Crippen molar-refractivity contribution in [3.63, 3.8) is 0 Å². The van der Waals surface area contributed by atoms with Gasteiger partial charge in [-0.1, -0.05) is 6.92 Å². The van der Waals surface area contributed by atoms with Gasteiger partial charge in [0, 0.05) is 44.8 Å². The Balaban J connectivity index is 1.70. The lowest BCUT2D eigenvalue weighted by molar-refractivity contribution is 0.0303. The molecule has 0 saturated carbocycles. The summed E-state index contributed by atoms with van der Waals surface area (Å²) < 4.78 is 32.3. The van der Waals surface area contributed by atoms with Crippen LogP contribution in [0, 0.1) is 0 Å². The van der Waals surface area contributed by atoms with Gasteiger partial charge in [-0.05, 0) is 30.8 Å². The lowest BCUT2D eigenvalue weighted by Crippen LogP contribution is -2.48. The van der Waals surface area contributed by atoms with Gasteiger partial charge >= 0.3 is 0 Å². The molecule has 3 rings (SSSR count). The molecule has 2 saturated heterocycles. The zero-order valence-electron chi connectivity index (χ0n) is 14.6. The minimum atomic E-state index is -3.50. The van der Waals surface area contributed by atoms with E-state index in [-0.39, 0.29) is 10.8 Å². The van der Waals surface area contributed by atoms with E-state index in [9.17, 15) is 13.2 Å². The molecule has 0 radical (unpaired) electrons. The summed E-state index contributed by atoms with van der Waals surface area (Å²) in [7, 11) is -3.50. The Morgan fingerprint density at radius 2 is 1.60 bits per heavy atom. The van der Waals surface area contributed by atoms with Crippen molar-refractivity contribution in [2.75, 3.05) is 59.0 Å². The Hall–Kier alpha value is -1.48. The summed E-state index contributed by atoms with van der Waals surface area (Å²) in [5.74, 6) is -0.0798. The predicted molar refractivity (Wildman–Crippen MR) is 94.0 cm³/mol. The van der Waals surface area contributed by atoms with Crippen molar-refractivity contribution < 1.29 is 17.9 Å². The topological polar surface area (TPSA) is 70.2 Å². The van der Waals surface area contributed by atoms with E-state index in [4.69, 9.17) is 4.74 Å². The first-order valence-corrected chi connectivity index (χ1v) is 10.2. The minimum Gasteiger partial charge on any atom is -0.378 e. The van der Waals surface area contributed by atoms with Crippen LogP contribution in [0.2, 0.25) is 0 Å². The Morgan fingerprint density at radius 3 is 2.16 bits per heavy atom. The van der Waals surface area contributed by atoms with Gasteiger partial charge in [0.25, 0.3) is 5.91 Å². The molecule has 0 N–H and O–H groups in total. The molecule has 2 aliphatic rings. The van der Waals surface area contributed by atoms with Crippen molar-refractivity contribution in [3.05, 3.63) is 29.8 Å². The van der Waals surface area contributed by atoms with Crippen LogP contribution in [0.3, 0.4) is 0 Å². The Bertz CT molecular complexity index is 691. The highest BCUT2D eigenvalue weighted by Crippen LogP contribution is 2.19. The molecule has 138 valence electrons. The number of likely N-dealkylation sites (N-methyl/N-ethyl adjacent to an activating group) is 1. The van der Waals surface area contributed by atoms with E-state index < -0.39 is 10.0 Å². The van der Waals surface area contributed by atoms with Gasteiger partial charge in [-0.15, -0.1) is 0 Å². The monoisotopic (exact) mass is 367 g/mol. The molecule has 0 aliphatic carbocycles. The van der Waals surface area contributed by atoms with Crippen molar-refractivity contribution in [2.24, 2.45) is 0 Å². The predicted octanol–water partition coefficient (Wildman–Crippen LogP) is 0.485. The number of carbonyl (C=O) groups is 1. The minimum absolute atomic E-state index is 0.0798. The molecular formula is C17H25N3O4S. The van der Waals surface area contributed by atoms with Crippen LogP contribution in [0.15, 0.2) is 29.2 Å². The maximum Gasteiger partial charge on any atom is 0.254 e. The van der Waals surface area contributed by atoms with Crippen molar-refractivity contribution >= 4 is 15.9 Å². The molecule has 0 spiro atoms. The summed E-state index contributed by atoms with van der Waals surface area (Å²) in [6.45, 7) is 7.76. The molecule has 2 heterocycles. The zero-order valence-corrected chi connectivity index (χ0v) is 15.4. The first kappa shape index (κ1) is 18.3. The summed E-state index contributed by atoms with van der Waals surface area (Å²) in [6, 6.07) is 6.28. The first-order chi connectivity index (χ1) is 12.0. The van der Waals surface area contributed by atoms with Crippen molar-refractivity contribution in [2.45, 2.75) is 11.8 Å². The van der Waals surface area contributed by atoms with Crippen LogP contribution < -0.4 is 0 Å². The number of nitrogens with zero attached hydrogens (tertiary/aromatic N) is 3. The van der Waals surface area contributed by atoms with Crippen LogP contribution in [0.1, 0.15) is 17.3 Å². The summed E-state index contributed by atoms with van der Waals surface area (Å²) >= 11 is 0. The van der Waals surface area contributed by atoms with Crippen LogP contribution in [0.4, 0.5) is 0 Å². The van der Waals surface area contributed by atoms with Gasteiger partial charge in [0.05, 0.1) is 18.1 Å². The number of hydrogen-bond acceptors (Lipinski definition) is 5. The number of carbonyl (C=O) groups excluding carboxylic acids is 1. The van der Waals surface area contributed by atoms with Gasteiger partial charge in [-0.2, -0.15) is 4.31 Å². The number of hydrogen-bond donors (Lipinski definition) is 0. The highest BCUT2D eigenvalue weighted by atomic mass is 32.2. The van der Waals surface area contributed by atoms with Crippen molar-refractivity contribution in [1.29, 1.82) is 0 Å². The second-order valence-electron chi connectivity index (χ2n) is 6.27. The molecule has 1 aromatic rings. The fourth-order valence-corrected chi connectivity index (χ4v) is 4.58. The number of rotatable bonds is 4. The van der Waals surface area contributed by atoms with E-state index in [0.29, 0.717) is 45.0 Å². The maximum atomic E-state index is 12.8. The summed E-state index contributed by atoms with van der Waals surface area (Å²) in [6.07, 6.45) is 0. The third kappa shape index (κ3) is 4.03. The van der Waals surface area contributed by atoms with Gasteiger partial charge in [0.1, 0.15) is 0 Å². The summed E-state index contributed by atoms with van der Waals surface area (Å²) in [4.78, 5) is 16.6. The van der Waals surface area contributed by atoms with Crippen LogP contribution >= 0.6 is 0 Å². The maximum absolute atomic E-state index is 12.8. The molecule has 2 fully saturated rings. The van der Waals surface area contributed by atoms with Crippen LogP contribution in [-0.4, -0.2) is 87.5 Å². The van der Waals surface area contributed by atoms with Gasteiger partial charge in [0.15, 0.2) is 0 Å². The van der Waals surface area contributed by atoms with E-state index in [2.05, 4.69) is 11.8 Å². The average Bonchev–Trinajstić information content (AvgIpc) is 2.68. The molecule has 0 unspecified atom stereocenters. The zero-order chi connectivity index (χ0) is 17.9. The van der Waals surface area contributed by atoms with E-state index >= 15 is 0 Å².